The molecule has 0 radical (unpaired) electrons. The van der Waals surface area contributed by atoms with Gasteiger partial charge in [0.05, 0.1) is 24.6 Å². The highest BCUT2D eigenvalue weighted by Crippen LogP contribution is 2.29. The number of benzene rings is 1. The summed E-state index contributed by atoms with van der Waals surface area (Å²) in [5, 5.41) is 6.33. The third kappa shape index (κ3) is 7.33. The molecule has 0 unspecified atom stereocenters. The number of hydrogen-bond acceptors (Lipinski definition) is 3. The van der Waals surface area contributed by atoms with Crippen molar-refractivity contribution < 1.29 is 22.7 Å². The van der Waals surface area contributed by atoms with Gasteiger partial charge in [0.25, 0.3) is 0 Å². The molecular weight excluding hydrogens is 383 g/mol. The molecule has 0 spiro atoms. The van der Waals surface area contributed by atoms with E-state index in [0.717, 1.165) is 37.8 Å². The lowest BCUT2D eigenvalue weighted by Crippen LogP contribution is -2.45. The number of aliphatic imine (C=N–C) groups is 1. The normalized spacial score (nSPS) is 19.7. The molecule has 1 aliphatic carbocycles. The molecule has 29 heavy (non-hydrogen) atoms. The second kappa shape index (κ2) is 10.7. The van der Waals surface area contributed by atoms with Crippen molar-refractivity contribution in [3.8, 4) is 11.8 Å². The van der Waals surface area contributed by atoms with E-state index < -0.39 is 11.7 Å². The fourth-order valence-electron chi connectivity index (χ4n) is 3.17. The van der Waals surface area contributed by atoms with Crippen LogP contribution in [0.15, 0.2) is 29.3 Å². The standard InChI is InChI=1S/C21H26F3N3O2/c1-3-29-19(28)16-9-11-18(12-10-16)27-20(25-2)26-13-5-7-15-6-4-8-17(14-15)21(22,23)24/h4,6,8,14,16,18H,3,9-13H2,1-2H3,(H2,25,26,27). The third-order valence-electron chi connectivity index (χ3n) is 4.68. The van der Waals surface area contributed by atoms with Crippen molar-refractivity contribution in [2.45, 2.75) is 44.8 Å². The molecule has 0 aliphatic heterocycles. The molecular formula is C21H26F3N3O2. The van der Waals surface area contributed by atoms with E-state index in [0.29, 0.717) is 18.1 Å². The van der Waals surface area contributed by atoms with Gasteiger partial charge in [0.1, 0.15) is 0 Å². The minimum atomic E-state index is -4.38. The quantitative estimate of drug-likeness (QED) is 0.347. The monoisotopic (exact) mass is 409 g/mol. The van der Waals surface area contributed by atoms with Crippen molar-refractivity contribution in [1.29, 1.82) is 0 Å². The molecule has 2 rings (SSSR count). The Morgan fingerprint density at radius 2 is 2.00 bits per heavy atom. The highest BCUT2D eigenvalue weighted by molar-refractivity contribution is 5.80. The number of guanidine groups is 1. The Morgan fingerprint density at radius 3 is 2.62 bits per heavy atom. The van der Waals surface area contributed by atoms with Crippen LogP contribution in [0.3, 0.4) is 0 Å². The van der Waals surface area contributed by atoms with Gasteiger partial charge in [0.2, 0.25) is 0 Å². The number of rotatable bonds is 4. The second-order valence-corrected chi connectivity index (χ2v) is 6.75. The Kier molecular flexibility index (Phi) is 8.37. The topological polar surface area (TPSA) is 62.7 Å². The van der Waals surface area contributed by atoms with Gasteiger partial charge in [-0.15, -0.1) is 0 Å². The lowest BCUT2D eigenvalue weighted by molar-refractivity contribution is -0.149. The summed E-state index contributed by atoms with van der Waals surface area (Å²) in [6.07, 6.45) is -1.18. The van der Waals surface area contributed by atoms with E-state index in [4.69, 9.17) is 4.74 Å². The van der Waals surface area contributed by atoms with E-state index in [1.54, 1.807) is 14.0 Å². The van der Waals surface area contributed by atoms with Crippen LogP contribution >= 0.6 is 0 Å². The van der Waals surface area contributed by atoms with Gasteiger partial charge in [-0.2, -0.15) is 13.2 Å². The Morgan fingerprint density at radius 1 is 1.28 bits per heavy atom. The summed E-state index contributed by atoms with van der Waals surface area (Å²) < 4.78 is 43.3. The van der Waals surface area contributed by atoms with Gasteiger partial charge in [-0.1, -0.05) is 17.9 Å². The number of halogens is 3. The first-order valence-electron chi connectivity index (χ1n) is 9.63. The number of carbonyl (C=O) groups excluding carboxylic acids is 1. The molecule has 1 saturated carbocycles. The zero-order chi connectivity index (χ0) is 21.3. The van der Waals surface area contributed by atoms with Crippen LogP contribution in [0.4, 0.5) is 13.2 Å². The van der Waals surface area contributed by atoms with E-state index in [9.17, 15) is 18.0 Å². The van der Waals surface area contributed by atoms with Gasteiger partial charge >= 0.3 is 12.1 Å². The van der Waals surface area contributed by atoms with Gasteiger partial charge in [0, 0.05) is 18.7 Å². The van der Waals surface area contributed by atoms with Crippen LogP contribution in [0.5, 0.6) is 0 Å². The maximum atomic E-state index is 12.7. The molecule has 1 aliphatic rings. The van der Waals surface area contributed by atoms with Gasteiger partial charge in [-0.05, 0) is 50.8 Å². The summed E-state index contributed by atoms with van der Waals surface area (Å²) in [7, 11) is 1.64. The van der Waals surface area contributed by atoms with Crippen molar-refractivity contribution in [3.63, 3.8) is 0 Å². The SMILES string of the molecule is CCOC(=O)C1CCC(NC(=NC)NCC#Cc2cccc(C(F)(F)F)c2)CC1. The third-order valence-corrected chi connectivity index (χ3v) is 4.68. The van der Waals surface area contributed by atoms with Gasteiger partial charge in [-0.3, -0.25) is 9.79 Å². The molecule has 0 aromatic heterocycles. The lowest BCUT2D eigenvalue weighted by atomic mass is 9.86. The smallest absolute Gasteiger partial charge is 0.416 e. The Balaban J connectivity index is 1.80. The number of alkyl halides is 3. The van der Waals surface area contributed by atoms with Crippen molar-refractivity contribution in [3.05, 3.63) is 35.4 Å². The molecule has 5 nitrogen and oxygen atoms in total. The van der Waals surface area contributed by atoms with Crippen LogP contribution in [0, 0.1) is 17.8 Å². The average Bonchev–Trinajstić information content (AvgIpc) is 2.70. The number of carbonyl (C=O) groups is 1. The first-order valence-corrected chi connectivity index (χ1v) is 9.63. The number of ether oxygens (including phenoxy) is 1. The minimum Gasteiger partial charge on any atom is -0.466 e. The first-order chi connectivity index (χ1) is 13.8. The summed E-state index contributed by atoms with van der Waals surface area (Å²) in [6, 6.07) is 5.13. The molecule has 158 valence electrons. The highest BCUT2D eigenvalue weighted by Gasteiger charge is 2.30. The Bertz CT molecular complexity index is 773. The lowest BCUT2D eigenvalue weighted by Gasteiger charge is -2.28. The van der Waals surface area contributed by atoms with Crippen LogP contribution < -0.4 is 10.6 Å². The number of nitrogens with one attached hydrogen (secondary N) is 2. The fourth-order valence-corrected chi connectivity index (χ4v) is 3.17. The fraction of sp³-hybridized carbons (Fsp3) is 0.524. The van der Waals surface area contributed by atoms with Crippen molar-refractivity contribution in [1.82, 2.24) is 10.6 Å². The summed E-state index contributed by atoms with van der Waals surface area (Å²) in [4.78, 5) is 15.9. The van der Waals surface area contributed by atoms with Crippen molar-refractivity contribution >= 4 is 11.9 Å². The minimum absolute atomic E-state index is 0.0405. The maximum absolute atomic E-state index is 12.7. The molecule has 0 saturated heterocycles. The summed E-state index contributed by atoms with van der Waals surface area (Å²) >= 11 is 0. The molecule has 0 atom stereocenters. The largest absolute Gasteiger partial charge is 0.466 e. The van der Waals surface area contributed by atoms with E-state index >= 15 is 0 Å². The van der Waals surface area contributed by atoms with Crippen LogP contribution in [-0.4, -0.2) is 38.2 Å². The van der Waals surface area contributed by atoms with Gasteiger partial charge < -0.3 is 15.4 Å². The predicted molar refractivity (Wildman–Crippen MR) is 105 cm³/mol. The Hall–Kier alpha value is -2.69. The highest BCUT2D eigenvalue weighted by atomic mass is 19.4. The maximum Gasteiger partial charge on any atom is 0.416 e. The van der Waals surface area contributed by atoms with Crippen LogP contribution in [0.25, 0.3) is 0 Å². The second-order valence-electron chi connectivity index (χ2n) is 6.75. The van der Waals surface area contributed by atoms with Crippen LogP contribution in [-0.2, 0) is 15.7 Å². The van der Waals surface area contributed by atoms with E-state index in [-0.39, 0.29) is 24.5 Å². The van der Waals surface area contributed by atoms with Crippen molar-refractivity contribution in [2.24, 2.45) is 10.9 Å². The zero-order valence-electron chi connectivity index (χ0n) is 16.6. The summed E-state index contributed by atoms with van der Waals surface area (Å²) in [6.45, 7) is 2.44. The summed E-state index contributed by atoms with van der Waals surface area (Å²) in [5.41, 5.74) is -0.407. The molecule has 1 fully saturated rings. The molecule has 2 N–H and O–H groups in total. The number of esters is 1. The van der Waals surface area contributed by atoms with Crippen molar-refractivity contribution in [2.75, 3.05) is 20.2 Å². The molecule has 1 aromatic rings. The van der Waals surface area contributed by atoms with Crippen LogP contribution in [0.2, 0.25) is 0 Å². The van der Waals surface area contributed by atoms with Gasteiger partial charge in [-0.25, -0.2) is 0 Å². The molecule has 0 heterocycles. The van der Waals surface area contributed by atoms with E-state index in [1.807, 2.05) is 0 Å². The van der Waals surface area contributed by atoms with E-state index in [1.165, 1.54) is 12.1 Å². The molecule has 8 heteroatoms. The van der Waals surface area contributed by atoms with Gasteiger partial charge in [0.15, 0.2) is 5.96 Å². The number of hydrogen-bond donors (Lipinski definition) is 2. The van der Waals surface area contributed by atoms with Crippen LogP contribution in [0.1, 0.15) is 43.7 Å². The summed E-state index contributed by atoms with van der Waals surface area (Å²) in [5.74, 6) is 5.94. The zero-order valence-corrected chi connectivity index (χ0v) is 16.6. The Labute approximate surface area is 169 Å². The predicted octanol–water partition coefficient (Wildman–Crippen LogP) is 3.34. The molecule has 1 aromatic carbocycles. The first kappa shape index (κ1) is 22.6. The molecule has 0 bridgehead atoms. The van der Waals surface area contributed by atoms with E-state index in [2.05, 4.69) is 27.5 Å². The average molecular weight is 409 g/mol. The molecule has 0 amide bonds. The number of nitrogens with zero attached hydrogens (tertiary/aromatic N) is 1.